The fraction of sp³-hybridized carbons (Fsp3) is 0.773. The molecule has 11 heteroatoms. The molecule has 4 bridgehead atoms. The number of hydrogen-bond donors (Lipinski definition) is 1. The van der Waals surface area contributed by atoms with Gasteiger partial charge in [0, 0.05) is 36.7 Å². The van der Waals surface area contributed by atoms with E-state index in [0.717, 1.165) is 38.3 Å². The van der Waals surface area contributed by atoms with Gasteiger partial charge in [0.05, 0.1) is 32.0 Å². The number of hydrogen-bond acceptors (Lipinski definition) is 7. The van der Waals surface area contributed by atoms with Gasteiger partial charge in [-0.3, -0.25) is 4.79 Å². The van der Waals surface area contributed by atoms with Gasteiger partial charge in [-0.2, -0.15) is 13.2 Å². The first kappa shape index (κ1) is 21.5. The van der Waals surface area contributed by atoms with Crippen molar-refractivity contribution < 1.29 is 32.2 Å². The highest BCUT2D eigenvalue weighted by atomic mass is 19.4. The van der Waals surface area contributed by atoms with Gasteiger partial charge in [-0.1, -0.05) is 0 Å². The molecule has 8 nitrogen and oxygen atoms in total. The second-order valence-corrected chi connectivity index (χ2v) is 10.0. The van der Waals surface area contributed by atoms with Crippen LogP contribution in [0.1, 0.15) is 48.2 Å². The maximum Gasteiger partial charge on any atom is 0.434 e. The van der Waals surface area contributed by atoms with Gasteiger partial charge in [0.25, 0.3) is 5.91 Å². The fourth-order valence-electron chi connectivity index (χ4n) is 6.98. The Hall–Kier alpha value is -1.98. The third-order valence-electron chi connectivity index (χ3n) is 8.03. The zero-order valence-corrected chi connectivity index (χ0v) is 18.2. The number of halogens is 3. The van der Waals surface area contributed by atoms with Gasteiger partial charge in [0.15, 0.2) is 11.5 Å². The molecule has 2 saturated heterocycles. The Labute approximate surface area is 189 Å². The van der Waals surface area contributed by atoms with Crippen LogP contribution < -0.4 is 5.32 Å². The Kier molecular flexibility index (Phi) is 4.90. The van der Waals surface area contributed by atoms with E-state index in [1.54, 1.807) is 0 Å². The lowest BCUT2D eigenvalue weighted by molar-refractivity contribution is -0.288. The summed E-state index contributed by atoms with van der Waals surface area (Å²) in [5.74, 6) is -0.424. The van der Waals surface area contributed by atoms with E-state index >= 15 is 0 Å². The minimum absolute atomic E-state index is 0.0786. The summed E-state index contributed by atoms with van der Waals surface area (Å²) in [5, 5.41) is 3.27. The number of nitrogens with one attached hydrogen (secondary N) is 1. The minimum atomic E-state index is -4.77. The smallest absolute Gasteiger partial charge is 0.378 e. The highest BCUT2D eigenvalue weighted by Gasteiger charge is 2.65. The summed E-state index contributed by atoms with van der Waals surface area (Å²) in [6.45, 7) is 2.28. The van der Waals surface area contributed by atoms with Crippen LogP contribution in [0.25, 0.3) is 0 Å². The van der Waals surface area contributed by atoms with Crippen LogP contribution >= 0.6 is 0 Å². The molecule has 1 spiro atoms. The largest absolute Gasteiger partial charge is 0.434 e. The first-order chi connectivity index (χ1) is 15.8. The summed E-state index contributed by atoms with van der Waals surface area (Å²) in [6.07, 6.45) is 0.644. The predicted octanol–water partition coefficient (Wildman–Crippen LogP) is 2.70. The van der Waals surface area contributed by atoms with Crippen molar-refractivity contribution in [3.8, 4) is 0 Å². The molecule has 4 aliphatic carbocycles. The lowest BCUT2D eigenvalue weighted by Gasteiger charge is -2.62. The van der Waals surface area contributed by atoms with E-state index in [9.17, 15) is 18.0 Å². The normalized spacial score (nSPS) is 34.8. The monoisotopic (exact) mass is 468 g/mol. The quantitative estimate of drug-likeness (QED) is 0.730. The molecule has 180 valence electrons. The lowest BCUT2D eigenvalue weighted by atomic mass is 9.50. The van der Waals surface area contributed by atoms with Gasteiger partial charge in [-0.15, -0.1) is 0 Å². The third-order valence-corrected chi connectivity index (χ3v) is 8.03. The number of carbonyl (C=O) groups is 1. The van der Waals surface area contributed by atoms with E-state index in [4.69, 9.17) is 14.2 Å². The molecule has 1 aromatic heterocycles. The molecule has 6 fully saturated rings. The molecule has 33 heavy (non-hydrogen) atoms. The maximum atomic E-state index is 13.9. The van der Waals surface area contributed by atoms with Crippen LogP contribution in [0.5, 0.6) is 0 Å². The number of anilines is 1. The summed E-state index contributed by atoms with van der Waals surface area (Å²) >= 11 is 0. The number of amides is 1. The summed E-state index contributed by atoms with van der Waals surface area (Å²) < 4.78 is 59.1. The van der Waals surface area contributed by atoms with Crippen molar-refractivity contribution in [2.24, 2.45) is 17.8 Å². The highest BCUT2D eigenvalue weighted by Crippen LogP contribution is 2.62. The van der Waals surface area contributed by atoms with E-state index in [0.29, 0.717) is 32.3 Å². The zero-order chi connectivity index (χ0) is 22.8. The Balaban J connectivity index is 1.28. The number of ether oxygens (including phenoxy) is 3. The van der Waals surface area contributed by atoms with Crippen LogP contribution in [0, 0.1) is 17.8 Å². The second kappa shape index (κ2) is 7.51. The summed E-state index contributed by atoms with van der Waals surface area (Å²) in [7, 11) is 0. The molecule has 6 aliphatic rings. The Morgan fingerprint density at radius 3 is 2.36 bits per heavy atom. The van der Waals surface area contributed by atoms with Crippen molar-refractivity contribution in [2.45, 2.75) is 49.6 Å². The average Bonchev–Trinajstić information content (AvgIpc) is 3.27. The number of nitrogens with zero attached hydrogens (tertiary/aromatic N) is 3. The van der Waals surface area contributed by atoms with E-state index in [1.165, 1.54) is 4.90 Å². The summed E-state index contributed by atoms with van der Waals surface area (Å²) in [5.41, 5.74) is -2.09. The van der Waals surface area contributed by atoms with Crippen molar-refractivity contribution in [3.05, 3.63) is 17.5 Å². The van der Waals surface area contributed by atoms with Crippen LogP contribution in [0.2, 0.25) is 0 Å². The molecule has 2 unspecified atom stereocenters. The molecule has 0 aromatic carbocycles. The Morgan fingerprint density at radius 2 is 1.73 bits per heavy atom. The SMILES string of the molecule is O=C(c1cnc(NC23CC4CC(C2)C2(OCCO2)C(C4)C3)nc1C(F)(F)F)N1CCOCC1. The Morgan fingerprint density at radius 1 is 1.06 bits per heavy atom. The summed E-state index contributed by atoms with van der Waals surface area (Å²) in [6, 6.07) is 0. The highest BCUT2D eigenvalue weighted by molar-refractivity contribution is 5.95. The van der Waals surface area contributed by atoms with Crippen LogP contribution in [0.3, 0.4) is 0 Å². The maximum absolute atomic E-state index is 13.9. The molecule has 0 radical (unpaired) electrons. The van der Waals surface area contributed by atoms with Crippen molar-refractivity contribution in [3.63, 3.8) is 0 Å². The second-order valence-electron chi connectivity index (χ2n) is 10.0. The van der Waals surface area contributed by atoms with Gasteiger partial charge in [0.1, 0.15) is 0 Å². The van der Waals surface area contributed by atoms with Gasteiger partial charge in [-0.05, 0) is 38.0 Å². The van der Waals surface area contributed by atoms with E-state index in [-0.39, 0.29) is 36.4 Å². The minimum Gasteiger partial charge on any atom is -0.378 e. The molecule has 7 rings (SSSR count). The molecule has 1 aromatic rings. The summed E-state index contributed by atoms with van der Waals surface area (Å²) in [4.78, 5) is 22.1. The third kappa shape index (κ3) is 3.50. The number of carbonyl (C=O) groups excluding carboxylic acids is 1. The van der Waals surface area contributed by atoms with Crippen molar-refractivity contribution in [1.82, 2.24) is 14.9 Å². The lowest BCUT2D eigenvalue weighted by Crippen LogP contribution is -2.66. The first-order valence-corrected chi connectivity index (χ1v) is 11.7. The van der Waals surface area contributed by atoms with Crippen molar-refractivity contribution in [2.75, 3.05) is 44.8 Å². The predicted molar refractivity (Wildman–Crippen MR) is 108 cm³/mol. The standard InChI is InChI=1S/C22H27F3N4O4/c23-22(24,25)17-16(18(30)29-1-3-31-4-2-29)12-26-19(27-17)28-20-9-13-7-14(10-20)21(15(8-13)11-20)32-5-6-33-21/h12-15H,1-11H2,(H,26,27,28). The van der Waals surface area contributed by atoms with E-state index in [1.807, 2.05) is 0 Å². The van der Waals surface area contributed by atoms with Gasteiger partial charge in [0.2, 0.25) is 5.95 Å². The van der Waals surface area contributed by atoms with Gasteiger partial charge in [-0.25, -0.2) is 9.97 Å². The number of aromatic nitrogens is 2. The zero-order valence-electron chi connectivity index (χ0n) is 18.2. The van der Waals surface area contributed by atoms with Crippen LogP contribution in [-0.4, -0.2) is 71.6 Å². The fourth-order valence-corrected chi connectivity index (χ4v) is 6.98. The van der Waals surface area contributed by atoms with E-state index in [2.05, 4.69) is 15.3 Å². The number of alkyl halides is 3. The topological polar surface area (TPSA) is 85.8 Å². The molecule has 2 aliphatic heterocycles. The molecular weight excluding hydrogens is 441 g/mol. The van der Waals surface area contributed by atoms with Crippen LogP contribution in [-0.2, 0) is 20.4 Å². The molecule has 3 heterocycles. The number of morpholine rings is 1. The van der Waals surface area contributed by atoms with Gasteiger partial charge >= 0.3 is 6.18 Å². The first-order valence-electron chi connectivity index (χ1n) is 11.7. The van der Waals surface area contributed by atoms with Crippen LogP contribution in [0.4, 0.5) is 19.1 Å². The molecule has 1 N–H and O–H groups in total. The van der Waals surface area contributed by atoms with Crippen LogP contribution in [0.15, 0.2) is 6.20 Å². The molecule has 2 atom stereocenters. The number of rotatable bonds is 3. The van der Waals surface area contributed by atoms with E-state index < -0.39 is 29.1 Å². The van der Waals surface area contributed by atoms with Gasteiger partial charge < -0.3 is 24.4 Å². The molecular formula is C22H27F3N4O4. The van der Waals surface area contributed by atoms with Crippen molar-refractivity contribution in [1.29, 1.82) is 0 Å². The Bertz CT molecular complexity index is 928. The molecule has 4 saturated carbocycles. The average molecular weight is 468 g/mol. The molecule has 1 amide bonds. The van der Waals surface area contributed by atoms with Crippen molar-refractivity contribution >= 4 is 11.9 Å².